The van der Waals surface area contributed by atoms with Gasteiger partial charge in [0, 0.05) is 12.5 Å². The van der Waals surface area contributed by atoms with E-state index in [0.29, 0.717) is 6.54 Å². The Morgan fingerprint density at radius 2 is 2.35 bits per heavy atom. The van der Waals surface area contributed by atoms with Crippen molar-refractivity contribution >= 4 is 17.2 Å². The molecule has 1 aliphatic rings. The first-order valence-corrected chi connectivity index (χ1v) is 6.70. The smallest absolute Gasteiger partial charge is 0.226 e. The fourth-order valence-corrected chi connectivity index (χ4v) is 2.82. The van der Waals surface area contributed by atoms with Crippen LogP contribution in [0.5, 0.6) is 0 Å². The van der Waals surface area contributed by atoms with Gasteiger partial charge in [0.2, 0.25) is 5.91 Å². The van der Waals surface area contributed by atoms with Crippen LogP contribution in [0.1, 0.15) is 29.3 Å². The minimum Gasteiger partial charge on any atom is -0.393 e. The lowest BCUT2D eigenvalue weighted by Gasteiger charge is -2.14. The van der Waals surface area contributed by atoms with Crippen LogP contribution in [0.2, 0.25) is 0 Å². The van der Waals surface area contributed by atoms with Crippen molar-refractivity contribution in [3.63, 3.8) is 0 Å². The van der Waals surface area contributed by atoms with E-state index in [0.717, 1.165) is 29.3 Å². The average molecular weight is 255 g/mol. The van der Waals surface area contributed by atoms with Crippen LogP contribution >= 0.6 is 11.3 Å². The summed E-state index contributed by atoms with van der Waals surface area (Å²) >= 11 is 1.44. The summed E-state index contributed by atoms with van der Waals surface area (Å²) in [5, 5.41) is 21.9. The van der Waals surface area contributed by atoms with Crippen molar-refractivity contribution in [1.82, 2.24) is 15.5 Å². The second-order valence-electron chi connectivity index (χ2n) is 4.45. The van der Waals surface area contributed by atoms with Crippen LogP contribution in [0.4, 0.5) is 0 Å². The number of carbonyl (C=O) groups excluding carboxylic acids is 1. The Morgan fingerprint density at radius 1 is 1.53 bits per heavy atom. The number of aliphatic hydroxyl groups excluding tert-OH is 1. The van der Waals surface area contributed by atoms with E-state index in [9.17, 15) is 9.90 Å². The molecule has 5 nitrogen and oxygen atoms in total. The van der Waals surface area contributed by atoms with E-state index in [2.05, 4.69) is 15.5 Å². The van der Waals surface area contributed by atoms with Gasteiger partial charge < -0.3 is 10.4 Å². The minimum absolute atomic E-state index is 0.0414. The average Bonchev–Trinajstić information content (AvgIpc) is 2.85. The third-order valence-corrected chi connectivity index (χ3v) is 3.90. The summed E-state index contributed by atoms with van der Waals surface area (Å²) in [6, 6.07) is 0. The van der Waals surface area contributed by atoms with Crippen molar-refractivity contribution in [2.75, 3.05) is 6.54 Å². The fourth-order valence-electron chi connectivity index (χ4n) is 2.11. The summed E-state index contributed by atoms with van der Waals surface area (Å²) in [4.78, 5) is 11.6. The molecule has 1 saturated carbocycles. The molecule has 2 rings (SSSR count). The molecular formula is C11H17N3O2S. The van der Waals surface area contributed by atoms with Crippen molar-refractivity contribution in [2.45, 2.75) is 38.7 Å². The molecule has 94 valence electrons. The molecule has 1 aromatic rings. The molecule has 0 spiro atoms. The van der Waals surface area contributed by atoms with Crippen LogP contribution in [0, 0.1) is 12.8 Å². The largest absolute Gasteiger partial charge is 0.393 e. The van der Waals surface area contributed by atoms with Crippen LogP contribution in [0.25, 0.3) is 0 Å². The van der Waals surface area contributed by atoms with Crippen LogP contribution in [-0.2, 0) is 11.2 Å². The first kappa shape index (κ1) is 12.4. The quantitative estimate of drug-likeness (QED) is 0.829. The van der Waals surface area contributed by atoms with E-state index in [1.54, 1.807) is 0 Å². The lowest BCUT2D eigenvalue weighted by atomic mass is 10.1. The topological polar surface area (TPSA) is 75.1 Å². The van der Waals surface area contributed by atoms with Crippen molar-refractivity contribution in [3.05, 3.63) is 10.0 Å². The first-order chi connectivity index (χ1) is 8.15. The van der Waals surface area contributed by atoms with Crippen LogP contribution in [-0.4, -0.2) is 33.9 Å². The second kappa shape index (κ2) is 5.55. The maximum absolute atomic E-state index is 11.6. The zero-order valence-electron chi connectivity index (χ0n) is 9.85. The zero-order chi connectivity index (χ0) is 12.3. The Kier molecular flexibility index (Phi) is 4.06. The zero-order valence-corrected chi connectivity index (χ0v) is 10.7. The van der Waals surface area contributed by atoms with E-state index in [1.807, 2.05) is 6.92 Å². The number of hydrogen-bond donors (Lipinski definition) is 2. The molecule has 0 saturated heterocycles. The first-order valence-electron chi connectivity index (χ1n) is 5.89. The summed E-state index contributed by atoms with van der Waals surface area (Å²) in [7, 11) is 0. The van der Waals surface area contributed by atoms with Gasteiger partial charge in [0.25, 0.3) is 0 Å². The van der Waals surface area contributed by atoms with Crippen LogP contribution < -0.4 is 5.32 Å². The van der Waals surface area contributed by atoms with Gasteiger partial charge in [-0.25, -0.2) is 0 Å². The van der Waals surface area contributed by atoms with E-state index >= 15 is 0 Å². The summed E-state index contributed by atoms with van der Waals surface area (Å²) in [6.45, 7) is 2.44. The molecule has 0 aliphatic heterocycles. The Balaban J connectivity index is 1.74. The van der Waals surface area contributed by atoms with E-state index in [1.165, 1.54) is 11.3 Å². The summed E-state index contributed by atoms with van der Waals surface area (Å²) in [5.41, 5.74) is 0. The van der Waals surface area contributed by atoms with Crippen molar-refractivity contribution in [3.8, 4) is 0 Å². The van der Waals surface area contributed by atoms with Gasteiger partial charge in [0.1, 0.15) is 10.0 Å². The van der Waals surface area contributed by atoms with E-state index < -0.39 is 0 Å². The highest BCUT2D eigenvalue weighted by molar-refractivity contribution is 7.11. The molecule has 2 N–H and O–H groups in total. The number of nitrogens with zero attached hydrogens (tertiary/aromatic N) is 2. The molecule has 1 fully saturated rings. The molecule has 6 heteroatoms. The van der Waals surface area contributed by atoms with Gasteiger partial charge in [-0.2, -0.15) is 0 Å². The molecule has 1 heterocycles. The number of amides is 1. The SMILES string of the molecule is Cc1nnc(CC(=O)NC[C@H]2CCC[C@@H]2O)s1. The van der Waals surface area contributed by atoms with E-state index in [4.69, 9.17) is 0 Å². The Morgan fingerprint density at radius 3 is 2.94 bits per heavy atom. The number of aromatic nitrogens is 2. The van der Waals surface area contributed by atoms with Crippen LogP contribution in [0.3, 0.4) is 0 Å². The Bertz CT molecular complexity index is 394. The fraction of sp³-hybridized carbons (Fsp3) is 0.727. The van der Waals surface area contributed by atoms with Crippen molar-refractivity contribution in [2.24, 2.45) is 5.92 Å². The highest BCUT2D eigenvalue weighted by Gasteiger charge is 2.25. The van der Waals surface area contributed by atoms with Gasteiger partial charge in [-0.1, -0.05) is 6.42 Å². The predicted octanol–water partition coefficient (Wildman–Crippen LogP) is 0.666. The van der Waals surface area contributed by atoms with Gasteiger partial charge in [-0.15, -0.1) is 21.5 Å². The molecule has 0 radical (unpaired) electrons. The highest BCUT2D eigenvalue weighted by atomic mass is 32.1. The number of rotatable bonds is 4. The lowest BCUT2D eigenvalue weighted by Crippen LogP contribution is -2.33. The Hall–Kier alpha value is -1.01. The summed E-state index contributed by atoms with van der Waals surface area (Å²) < 4.78 is 0. The predicted molar refractivity (Wildman–Crippen MR) is 64.7 cm³/mol. The number of hydrogen-bond acceptors (Lipinski definition) is 5. The molecule has 1 aliphatic carbocycles. The van der Waals surface area contributed by atoms with Gasteiger partial charge in [-0.05, 0) is 19.8 Å². The highest BCUT2D eigenvalue weighted by Crippen LogP contribution is 2.24. The molecule has 2 atom stereocenters. The number of aliphatic hydroxyl groups is 1. The van der Waals surface area contributed by atoms with E-state index in [-0.39, 0.29) is 24.3 Å². The molecule has 0 unspecified atom stereocenters. The molecule has 1 aromatic heterocycles. The molecular weight excluding hydrogens is 238 g/mol. The van der Waals surface area contributed by atoms with Crippen molar-refractivity contribution in [1.29, 1.82) is 0 Å². The van der Waals surface area contributed by atoms with Gasteiger partial charge in [0.15, 0.2) is 0 Å². The minimum atomic E-state index is -0.251. The third kappa shape index (κ3) is 3.47. The van der Waals surface area contributed by atoms with Crippen molar-refractivity contribution < 1.29 is 9.90 Å². The normalized spacial score (nSPS) is 23.9. The molecule has 0 bridgehead atoms. The third-order valence-electron chi connectivity index (χ3n) is 3.06. The number of aryl methyl sites for hydroxylation is 1. The molecule has 17 heavy (non-hydrogen) atoms. The second-order valence-corrected chi connectivity index (χ2v) is 5.72. The van der Waals surface area contributed by atoms with Gasteiger partial charge in [-0.3, -0.25) is 4.79 Å². The van der Waals surface area contributed by atoms with Crippen LogP contribution in [0.15, 0.2) is 0 Å². The molecule has 0 aromatic carbocycles. The number of nitrogens with one attached hydrogen (secondary N) is 1. The number of carbonyl (C=O) groups is 1. The summed E-state index contributed by atoms with van der Waals surface area (Å²) in [5.74, 6) is 0.176. The lowest BCUT2D eigenvalue weighted by molar-refractivity contribution is -0.120. The Labute approximate surface area is 104 Å². The standard InChI is InChI=1S/C11H17N3O2S/c1-7-13-14-11(17-7)5-10(16)12-6-8-3-2-4-9(8)15/h8-9,15H,2-6H2,1H3,(H,12,16)/t8-,9+/m1/s1. The summed E-state index contributed by atoms with van der Waals surface area (Å²) in [6.07, 6.45) is 2.94. The monoisotopic (exact) mass is 255 g/mol. The van der Waals surface area contributed by atoms with Gasteiger partial charge in [0.05, 0.1) is 12.5 Å². The molecule has 1 amide bonds. The van der Waals surface area contributed by atoms with Gasteiger partial charge >= 0.3 is 0 Å². The maximum Gasteiger partial charge on any atom is 0.226 e. The maximum atomic E-state index is 11.6.